The van der Waals surface area contributed by atoms with E-state index in [2.05, 4.69) is 16.8 Å². The van der Waals surface area contributed by atoms with Crippen molar-refractivity contribution in [3.63, 3.8) is 0 Å². The van der Waals surface area contributed by atoms with Crippen LogP contribution in [0.1, 0.15) is 17.3 Å². The minimum atomic E-state index is -4.02. The lowest BCUT2D eigenvalue weighted by atomic mass is 10.2. The molecule has 0 bridgehead atoms. The summed E-state index contributed by atoms with van der Waals surface area (Å²) < 4.78 is 33.4. The Balaban J connectivity index is 1.80. The number of rotatable bonds is 9. The van der Waals surface area contributed by atoms with Gasteiger partial charge in [0, 0.05) is 31.2 Å². The number of nitrogens with zero attached hydrogens (tertiary/aromatic N) is 2. The molecule has 2 aromatic carbocycles. The normalized spacial score (nSPS) is 15.7. The van der Waals surface area contributed by atoms with E-state index in [1.54, 1.807) is 30.3 Å². The van der Waals surface area contributed by atoms with Crippen LogP contribution >= 0.6 is 11.6 Å². The summed E-state index contributed by atoms with van der Waals surface area (Å²) in [5, 5.41) is 2.94. The van der Waals surface area contributed by atoms with Crippen LogP contribution in [0.3, 0.4) is 0 Å². The third-order valence-corrected chi connectivity index (χ3v) is 7.60. The zero-order chi connectivity index (χ0) is 23.1. The zero-order valence-corrected chi connectivity index (χ0v) is 19.6. The highest BCUT2D eigenvalue weighted by molar-refractivity contribution is 7.93. The van der Waals surface area contributed by atoms with E-state index in [1.165, 1.54) is 28.6 Å². The number of nitrogens with one attached hydrogen (secondary N) is 1. The Bertz CT molecular complexity index is 1040. The summed E-state index contributed by atoms with van der Waals surface area (Å²) in [6.07, 6.45) is 1.50. The zero-order valence-electron chi connectivity index (χ0n) is 18.0. The molecule has 7 nitrogen and oxygen atoms in total. The van der Waals surface area contributed by atoms with Crippen LogP contribution in [-0.2, 0) is 14.8 Å². The van der Waals surface area contributed by atoms with Crippen LogP contribution in [0, 0.1) is 0 Å². The van der Waals surface area contributed by atoms with Crippen molar-refractivity contribution in [2.75, 3.05) is 43.7 Å². The summed E-state index contributed by atoms with van der Waals surface area (Å²) >= 11 is 6.26. The molecule has 1 aliphatic rings. The summed E-state index contributed by atoms with van der Waals surface area (Å²) in [5.41, 5.74) is 0.714. The summed E-state index contributed by atoms with van der Waals surface area (Å²) in [7, 11) is -4.02. The third-order valence-electron chi connectivity index (χ3n) is 5.33. The molecule has 0 aliphatic carbocycles. The fraction of sp³-hybridized carbons (Fsp3) is 0.348. The van der Waals surface area contributed by atoms with Crippen molar-refractivity contribution in [1.82, 2.24) is 10.2 Å². The molecule has 1 atom stereocenters. The Hall–Kier alpha value is -2.39. The number of morpholine rings is 1. The van der Waals surface area contributed by atoms with Crippen LogP contribution in [0.4, 0.5) is 5.69 Å². The smallest absolute Gasteiger partial charge is 0.266 e. The molecule has 1 fully saturated rings. The Morgan fingerprint density at radius 1 is 1.25 bits per heavy atom. The number of hydrogen-bond donors (Lipinski definition) is 1. The molecule has 0 saturated carbocycles. The number of sulfonamides is 1. The van der Waals surface area contributed by atoms with Gasteiger partial charge in [-0.2, -0.15) is 0 Å². The van der Waals surface area contributed by atoms with Gasteiger partial charge in [-0.3, -0.25) is 14.0 Å². The third kappa shape index (κ3) is 5.69. The SMILES string of the molecule is C=CCN(c1ccccc1)S(=O)(=O)c1cc(C(=O)NCC(C)N2CCOCC2)ccc1Cl. The average Bonchev–Trinajstić information content (AvgIpc) is 2.82. The number of carbonyl (C=O) groups is 1. The maximum Gasteiger partial charge on any atom is 0.266 e. The maximum absolute atomic E-state index is 13.4. The van der Waals surface area contributed by atoms with Crippen molar-refractivity contribution < 1.29 is 17.9 Å². The molecule has 3 rings (SSSR count). The number of benzene rings is 2. The molecule has 1 N–H and O–H groups in total. The molecule has 1 aliphatic heterocycles. The first-order valence-corrected chi connectivity index (χ1v) is 12.2. The van der Waals surface area contributed by atoms with Gasteiger partial charge in [0.05, 0.1) is 30.5 Å². The summed E-state index contributed by atoms with van der Waals surface area (Å²) in [6.45, 7) is 9.21. The summed E-state index contributed by atoms with van der Waals surface area (Å²) in [6, 6.07) is 13.1. The summed E-state index contributed by atoms with van der Waals surface area (Å²) in [4.78, 5) is 14.9. The van der Waals surface area contributed by atoms with Crippen molar-refractivity contribution in [2.45, 2.75) is 17.9 Å². The van der Waals surface area contributed by atoms with Crippen molar-refractivity contribution in [1.29, 1.82) is 0 Å². The first kappa shape index (κ1) is 24.3. The van der Waals surface area contributed by atoms with E-state index in [4.69, 9.17) is 16.3 Å². The minimum Gasteiger partial charge on any atom is -0.379 e. The van der Waals surface area contributed by atoms with Crippen LogP contribution in [0.5, 0.6) is 0 Å². The van der Waals surface area contributed by atoms with Crippen LogP contribution < -0.4 is 9.62 Å². The van der Waals surface area contributed by atoms with Crippen LogP contribution in [0.2, 0.25) is 5.02 Å². The van der Waals surface area contributed by atoms with E-state index in [-0.39, 0.29) is 34.0 Å². The van der Waals surface area contributed by atoms with Crippen molar-refractivity contribution in [3.05, 3.63) is 71.8 Å². The second-order valence-electron chi connectivity index (χ2n) is 7.51. The Labute approximate surface area is 194 Å². The number of anilines is 1. The fourth-order valence-corrected chi connectivity index (χ4v) is 5.44. The Morgan fingerprint density at radius 3 is 2.59 bits per heavy atom. The standard InChI is InChI=1S/C23H28ClN3O4S/c1-3-11-27(20-7-5-4-6-8-20)32(29,30)22-16-19(9-10-21(22)24)23(28)25-17-18(2)26-12-14-31-15-13-26/h3-10,16,18H,1,11-15,17H2,2H3,(H,25,28). The van der Waals surface area contributed by atoms with Crippen molar-refractivity contribution >= 4 is 33.2 Å². The molecule has 1 heterocycles. The minimum absolute atomic E-state index is 0.0493. The second-order valence-corrected chi connectivity index (χ2v) is 9.75. The van der Waals surface area contributed by atoms with Gasteiger partial charge in [0.1, 0.15) is 4.90 Å². The van der Waals surface area contributed by atoms with E-state index >= 15 is 0 Å². The lowest BCUT2D eigenvalue weighted by molar-refractivity contribution is 0.0204. The topological polar surface area (TPSA) is 79.0 Å². The van der Waals surface area contributed by atoms with Crippen LogP contribution in [-0.4, -0.2) is 64.7 Å². The molecule has 1 saturated heterocycles. The number of amides is 1. The predicted molar refractivity (Wildman–Crippen MR) is 127 cm³/mol. The number of halogens is 1. The van der Waals surface area contributed by atoms with E-state index < -0.39 is 10.0 Å². The molecule has 9 heteroatoms. The van der Waals surface area contributed by atoms with Crippen LogP contribution in [0.25, 0.3) is 0 Å². The number of hydrogen-bond acceptors (Lipinski definition) is 5. The van der Waals surface area contributed by atoms with Gasteiger partial charge >= 0.3 is 0 Å². The number of ether oxygens (including phenoxy) is 1. The fourth-order valence-electron chi connectivity index (χ4n) is 3.50. The molecule has 1 unspecified atom stereocenters. The van der Waals surface area contributed by atoms with Gasteiger partial charge in [-0.15, -0.1) is 6.58 Å². The molecule has 0 spiro atoms. The van der Waals surface area contributed by atoms with E-state index in [1.807, 2.05) is 6.92 Å². The summed E-state index contributed by atoms with van der Waals surface area (Å²) in [5.74, 6) is -0.354. The van der Waals surface area contributed by atoms with Gasteiger partial charge in [0.25, 0.3) is 15.9 Å². The molecular formula is C23H28ClN3O4S. The highest BCUT2D eigenvalue weighted by Crippen LogP contribution is 2.29. The van der Waals surface area contributed by atoms with Gasteiger partial charge in [-0.1, -0.05) is 35.9 Å². The van der Waals surface area contributed by atoms with E-state index in [9.17, 15) is 13.2 Å². The van der Waals surface area contributed by atoms with Crippen molar-refractivity contribution in [2.24, 2.45) is 0 Å². The predicted octanol–water partition coefficient (Wildman–Crippen LogP) is 3.17. The molecule has 0 aromatic heterocycles. The Kier molecular flexibility index (Phi) is 8.31. The molecule has 32 heavy (non-hydrogen) atoms. The van der Waals surface area contributed by atoms with Gasteiger partial charge in [0.15, 0.2) is 0 Å². The van der Waals surface area contributed by atoms with Gasteiger partial charge in [-0.25, -0.2) is 8.42 Å². The Morgan fingerprint density at radius 2 is 1.94 bits per heavy atom. The average molecular weight is 478 g/mol. The molecule has 0 radical (unpaired) electrons. The van der Waals surface area contributed by atoms with E-state index in [0.29, 0.717) is 25.4 Å². The highest BCUT2D eigenvalue weighted by atomic mass is 35.5. The molecule has 2 aromatic rings. The van der Waals surface area contributed by atoms with Gasteiger partial charge in [-0.05, 0) is 37.3 Å². The van der Waals surface area contributed by atoms with Gasteiger partial charge in [0.2, 0.25) is 0 Å². The van der Waals surface area contributed by atoms with Crippen LogP contribution in [0.15, 0.2) is 66.1 Å². The molecular weight excluding hydrogens is 450 g/mol. The van der Waals surface area contributed by atoms with E-state index in [0.717, 1.165) is 13.1 Å². The lowest BCUT2D eigenvalue weighted by Crippen LogP contribution is -2.47. The molecule has 1 amide bonds. The van der Waals surface area contributed by atoms with Crippen molar-refractivity contribution in [3.8, 4) is 0 Å². The first-order chi connectivity index (χ1) is 15.3. The lowest BCUT2D eigenvalue weighted by Gasteiger charge is -2.32. The maximum atomic E-state index is 13.4. The largest absolute Gasteiger partial charge is 0.379 e. The highest BCUT2D eigenvalue weighted by Gasteiger charge is 2.27. The number of carbonyl (C=O) groups excluding carboxylic acids is 1. The molecule has 172 valence electrons. The monoisotopic (exact) mass is 477 g/mol. The first-order valence-electron chi connectivity index (χ1n) is 10.4. The quantitative estimate of drug-likeness (QED) is 0.561. The second kappa shape index (κ2) is 11.0. The van der Waals surface area contributed by atoms with Gasteiger partial charge < -0.3 is 10.1 Å². The number of para-hydroxylation sites is 1.